The molecule has 0 fully saturated rings. The van der Waals surface area contributed by atoms with Gasteiger partial charge in [-0.3, -0.25) is 4.98 Å². The molecule has 0 saturated carbocycles. The van der Waals surface area contributed by atoms with Gasteiger partial charge in [-0.1, -0.05) is 6.92 Å². The van der Waals surface area contributed by atoms with Crippen LogP contribution in [-0.2, 0) is 6.42 Å². The Balaban J connectivity index is 2.10. The molecular formula is C16H19NO2. The van der Waals surface area contributed by atoms with Gasteiger partial charge in [0.15, 0.2) is 0 Å². The lowest BCUT2D eigenvalue weighted by molar-refractivity contribution is 0.218. The largest absolute Gasteiger partial charge is 0.494 e. The highest BCUT2D eigenvalue weighted by molar-refractivity contribution is 5.85. The standard InChI is InChI=1S/C16H19NO2/c1-3-11-7-14-13-8-12(18-4-2)5-6-15(13)17-9-16(14)19-10-11/h5-6,8-9,11H,3-4,7,10H2,1-2H3. The second-order valence-electron chi connectivity index (χ2n) is 5.00. The van der Waals surface area contributed by atoms with Gasteiger partial charge in [0.05, 0.1) is 24.9 Å². The molecule has 1 aliphatic heterocycles. The molecule has 1 unspecified atom stereocenters. The van der Waals surface area contributed by atoms with Crippen molar-refractivity contribution in [2.45, 2.75) is 26.7 Å². The molecule has 0 bridgehead atoms. The molecule has 1 atom stereocenters. The smallest absolute Gasteiger partial charge is 0.141 e. The van der Waals surface area contributed by atoms with Gasteiger partial charge in [0.2, 0.25) is 0 Å². The summed E-state index contributed by atoms with van der Waals surface area (Å²) in [5.74, 6) is 2.45. The third-order valence-electron chi connectivity index (χ3n) is 3.77. The van der Waals surface area contributed by atoms with E-state index in [9.17, 15) is 0 Å². The van der Waals surface area contributed by atoms with E-state index in [1.165, 1.54) is 10.9 Å². The average molecular weight is 257 g/mol. The van der Waals surface area contributed by atoms with Crippen LogP contribution in [0.25, 0.3) is 10.9 Å². The summed E-state index contributed by atoms with van der Waals surface area (Å²) >= 11 is 0. The summed E-state index contributed by atoms with van der Waals surface area (Å²) in [6.45, 7) is 5.71. The van der Waals surface area contributed by atoms with Crippen LogP contribution in [0.4, 0.5) is 0 Å². The summed E-state index contributed by atoms with van der Waals surface area (Å²) in [5, 5.41) is 1.17. The molecule has 1 aliphatic rings. The molecule has 0 N–H and O–H groups in total. The highest BCUT2D eigenvalue weighted by atomic mass is 16.5. The van der Waals surface area contributed by atoms with Crippen molar-refractivity contribution in [3.05, 3.63) is 30.0 Å². The van der Waals surface area contributed by atoms with E-state index in [0.29, 0.717) is 12.5 Å². The van der Waals surface area contributed by atoms with Crippen molar-refractivity contribution in [1.29, 1.82) is 0 Å². The Morgan fingerprint density at radius 2 is 2.26 bits per heavy atom. The summed E-state index contributed by atoms with van der Waals surface area (Å²) in [6, 6.07) is 6.09. The van der Waals surface area contributed by atoms with Crippen LogP contribution in [0.15, 0.2) is 24.4 Å². The van der Waals surface area contributed by atoms with E-state index in [1.54, 1.807) is 0 Å². The van der Waals surface area contributed by atoms with Crippen LogP contribution >= 0.6 is 0 Å². The van der Waals surface area contributed by atoms with Gasteiger partial charge in [-0.2, -0.15) is 0 Å². The fourth-order valence-electron chi connectivity index (χ4n) is 2.62. The third kappa shape index (κ3) is 2.25. The maximum absolute atomic E-state index is 5.83. The first-order chi connectivity index (χ1) is 9.31. The van der Waals surface area contributed by atoms with Crippen molar-refractivity contribution >= 4 is 10.9 Å². The third-order valence-corrected chi connectivity index (χ3v) is 3.77. The second kappa shape index (κ2) is 5.08. The van der Waals surface area contributed by atoms with E-state index < -0.39 is 0 Å². The molecule has 0 radical (unpaired) electrons. The minimum Gasteiger partial charge on any atom is -0.494 e. The predicted molar refractivity (Wildman–Crippen MR) is 75.9 cm³/mol. The molecule has 1 aromatic heterocycles. The summed E-state index contributed by atoms with van der Waals surface area (Å²) < 4.78 is 11.4. The van der Waals surface area contributed by atoms with E-state index >= 15 is 0 Å². The van der Waals surface area contributed by atoms with Crippen LogP contribution in [0, 0.1) is 5.92 Å². The first-order valence-electron chi connectivity index (χ1n) is 6.99. The van der Waals surface area contributed by atoms with Gasteiger partial charge in [-0.05, 0) is 43.9 Å². The predicted octanol–water partition coefficient (Wildman–Crippen LogP) is 3.59. The van der Waals surface area contributed by atoms with Crippen molar-refractivity contribution in [3.8, 4) is 11.5 Å². The van der Waals surface area contributed by atoms with E-state index in [1.807, 2.05) is 25.3 Å². The minimum absolute atomic E-state index is 0.605. The van der Waals surface area contributed by atoms with Gasteiger partial charge in [0, 0.05) is 10.9 Å². The number of hydrogen-bond donors (Lipinski definition) is 0. The molecular weight excluding hydrogens is 238 g/mol. The van der Waals surface area contributed by atoms with E-state index in [0.717, 1.165) is 36.5 Å². The molecule has 0 amide bonds. The molecule has 1 aromatic carbocycles. The SMILES string of the molecule is CCOc1ccc2ncc3c(c2c1)CC(CC)CO3. The van der Waals surface area contributed by atoms with Gasteiger partial charge >= 0.3 is 0 Å². The van der Waals surface area contributed by atoms with Crippen LogP contribution in [0.5, 0.6) is 11.5 Å². The Labute approximate surface area is 113 Å². The Kier molecular flexibility index (Phi) is 3.28. The van der Waals surface area contributed by atoms with Crippen molar-refractivity contribution in [2.24, 2.45) is 5.92 Å². The normalized spacial score (nSPS) is 17.9. The number of ether oxygens (including phenoxy) is 2. The topological polar surface area (TPSA) is 31.4 Å². The van der Waals surface area contributed by atoms with Crippen LogP contribution < -0.4 is 9.47 Å². The van der Waals surface area contributed by atoms with Gasteiger partial charge in [0.25, 0.3) is 0 Å². The Hall–Kier alpha value is -1.77. The summed E-state index contributed by atoms with van der Waals surface area (Å²) in [5.41, 5.74) is 2.30. The molecule has 3 heteroatoms. The fraction of sp³-hybridized carbons (Fsp3) is 0.438. The number of pyridine rings is 1. The maximum Gasteiger partial charge on any atom is 0.141 e. The van der Waals surface area contributed by atoms with Gasteiger partial charge < -0.3 is 9.47 Å². The Morgan fingerprint density at radius 1 is 1.37 bits per heavy atom. The van der Waals surface area contributed by atoms with Gasteiger partial charge in [-0.15, -0.1) is 0 Å². The van der Waals surface area contributed by atoms with E-state index in [-0.39, 0.29) is 0 Å². The van der Waals surface area contributed by atoms with Crippen molar-refractivity contribution in [3.63, 3.8) is 0 Å². The molecule has 3 nitrogen and oxygen atoms in total. The summed E-state index contributed by atoms with van der Waals surface area (Å²) in [4.78, 5) is 4.47. The molecule has 0 aliphatic carbocycles. The highest BCUT2D eigenvalue weighted by Gasteiger charge is 2.21. The minimum atomic E-state index is 0.605. The molecule has 0 spiro atoms. The zero-order chi connectivity index (χ0) is 13.2. The van der Waals surface area contributed by atoms with E-state index in [4.69, 9.17) is 9.47 Å². The second-order valence-corrected chi connectivity index (χ2v) is 5.00. The monoisotopic (exact) mass is 257 g/mol. The first-order valence-corrected chi connectivity index (χ1v) is 6.99. The number of rotatable bonds is 3. The van der Waals surface area contributed by atoms with Crippen LogP contribution in [0.3, 0.4) is 0 Å². The van der Waals surface area contributed by atoms with Crippen LogP contribution in [0.1, 0.15) is 25.8 Å². The molecule has 19 heavy (non-hydrogen) atoms. The van der Waals surface area contributed by atoms with Gasteiger partial charge in [-0.25, -0.2) is 0 Å². The number of aromatic nitrogens is 1. The number of hydrogen-bond acceptors (Lipinski definition) is 3. The molecule has 100 valence electrons. The zero-order valence-corrected chi connectivity index (χ0v) is 11.5. The van der Waals surface area contributed by atoms with Crippen LogP contribution in [0.2, 0.25) is 0 Å². The first kappa shape index (κ1) is 12.3. The Morgan fingerprint density at radius 3 is 3.05 bits per heavy atom. The van der Waals surface area contributed by atoms with Crippen molar-refractivity contribution in [1.82, 2.24) is 4.98 Å². The molecule has 3 rings (SSSR count). The van der Waals surface area contributed by atoms with Gasteiger partial charge in [0.1, 0.15) is 11.5 Å². The van der Waals surface area contributed by atoms with E-state index in [2.05, 4.69) is 18.0 Å². The zero-order valence-electron chi connectivity index (χ0n) is 11.5. The average Bonchev–Trinajstić information content (AvgIpc) is 2.47. The number of nitrogens with zero attached hydrogens (tertiary/aromatic N) is 1. The molecule has 0 saturated heterocycles. The fourth-order valence-corrected chi connectivity index (χ4v) is 2.62. The van der Waals surface area contributed by atoms with Crippen molar-refractivity contribution < 1.29 is 9.47 Å². The molecule has 2 heterocycles. The lowest BCUT2D eigenvalue weighted by Crippen LogP contribution is -2.20. The summed E-state index contributed by atoms with van der Waals surface area (Å²) in [7, 11) is 0. The molecule has 2 aromatic rings. The highest BCUT2D eigenvalue weighted by Crippen LogP contribution is 2.34. The number of benzene rings is 1. The lowest BCUT2D eigenvalue weighted by atomic mass is 9.92. The summed E-state index contributed by atoms with van der Waals surface area (Å²) in [6.07, 6.45) is 4.07. The number of fused-ring (bicyclic) bond motifs is 3. The Bertz CT molecular complexity index is 595. The quantitative estimate of drug-likeness (QED) is 0.842. The van der Waals surface area contributed by atoms with Crippen molar-refractivity contribution in [2.75, 3.05) is 13.2 Å². The lowest BCUT2D eigenvalue weighted by Gasteiger charge is -2.25. The van der Waals surface area contributed by atoms with Crippen LogP contribution in [-0.4, -0.2) is 18.2 Å². The maximum atomic E-state index is 5.83.